The summed E-state index contributed by atoms with van der Waals surface area (Å²) >= 11 is 1.87. The topological polar surface area (TPSA) is 38.7 Å². The zero-order chi connectivity index (χ0) is 30.9. The SMILES string of the molecule is c1ccc(-c2nc(-c3ccc4ccccc4c3)nc(-c3cc4ccc5sc6cc7ccccc7cc6c5c4c4ccccc34)n2)cc1. The molecule has 0 unspecified atom stereocenters. The normalized spacial score (nSPS) is 11.8. The maximum absolute atomic E-state index is 5.18. The Morgan fingerprint density at radius 3 is 1.77 bits per heavy atom. The quantitative estimate of drug-likeness (QED) is 0.186. The predicted octanol–water partition coefficient (Wildman–Crippen LogP) is 11.9. The first-order chi connectivity index (χ1) is 23.3. The molecule has 0 N–H and O–H groups in total. The number of benzene rings is 8. The van der Waals surface area contributed by atoms with Crippen molar-refractivity contribution < 1.29 is 0 Å². The van der Waals surface area contributed by atoms with Crippen molar-refractivity contribution in [2.45, 2.75) is 0 Å². The third-order valence-electron chi connectivity index (χ3n) is 9.24. The number of hydrogen-bond acceptors (Lipinski definition) is 4. The van der Waals surface area contributed by atoms with E-state index in [0.29, 0.717) is 17.5 Å². The molecule has 0 amide bonds. The van der Waals surface area contributed by atoms with Gasteiger partial charge in [-0.05, 0) is 73.4 Å². The molecule has 4 heteroatoms. The highest BCUT2D eigenvalue weighted by molar-refractivity contribution is 7.26. The number of aromatic nitrogens is 3. The Labute approximate surface area is 274 Å². The Morgan fingerprint density at radius 2 is 0.957 bits per heavy atom. The van der Waals surface area contributed by atoms with Gasteiger partial charge in [0.25, 0.3) is 0 Å². The standard InChI is InChI=1S/C43H25N3S/c1-2-11-27(12-3-1)41-44-42(32-19-18-26-10-4-5-13-28(26)22-32)46-43(45-41)35-24-31-20-21-37-40(39(31)34-17-9-8-16-33(34)35)36-23-29-14-6-7-15-30(29)25-38(36)47-37/h1-25H. The summed E-state index contributed by atoms with van der Waals surface area (Å²) in [6.45, 7) is 0. The molecule has 3 nitrogen and oxygen atoms in total. The van der Waals surface area contributed by atoms with Crippen LogP contribution in [0.4, 0.5) is 0 Å². The minimum atomic E-state index is 0.661. The lowest BCUT2D eigenvalue weighted by Gasteiger charge is -2.13. The molecule has 47 heavy (non-hydrogen) atoms. The second kappa shape index (κ2) is 10.3. The lowest BCUT2D eigenvalue weighted by atomic mass is 9.93. The van der Waals surface area contributed by atoms with E-state index in [1.807, 2.05) is 29.5 Å². The van der Waals surface area contributed by atoms with E-state index >= 15 is 0 Å². The van der Waals surface area contributed by atoms with Crippen LogP contribution in [0, 0.1) is 0 Å². The van der Waals surface area contributed by atoms with E-state index in [2.05, 4.69) is 133 Å². The van der Waals surface area contributed by atoms with Crippen molar-refractivity contribution in [2.24, 2.45) is 0 Å². The van der Waals surface area contributed by atoms with Crippen molar-refractivity contribution in [3.05, 3.63) is 152 Å². The predicted molar refractivity (Wildman–Crippen MR) is 199 cm³/mol. The van der Waals surface area contributed by atoms with Gasteiger partial charge in [0.05, 0.1) is 0 Å². The van der Waals surface area contributed by atoms with Gasteiger partial charge in [-0.15, -0.1) is 11.3 Å². The molecule has 0 fully saturated rings. The van der Waals surface area contributed by atoms with Gasteiger partial charge in [-0.1, -0.05) is 121 Å². The number of rotatable bonds is 3. The van der Waals surface area contributed by atoms with E-state index in [1.54, 1.807) is 0 Å². The number of hydrogen-bond donors (Lipinski definition) is 0. The lowest BCUT2D eigenvalue weighted by Crippen LogP contribution is -2.00. The highest BCUT2D eigenvalue weighted by Crippen LogP contribution is 2.44. The highest BCUT2D eigenvalue weighted by Gasteiger charge is 2.18. The largest absolute Gasteiger partial charge is 0.208 e. The van der Waals surface area contributed by atoms with Gasteiger partial charge < -0.3 is 0 Å². The average molecular weight is 616 g/mol. The van der Waals surface area contributed by atoms with Crippen molar-refractivity contribution in [1.29, 1.82) is 0 Å². The molecule has 2 aromatic heterocycles. The Hall–Kier alpha value is -5.97. The van der Waals surface area contributed by atoms with E-state index in [4.69, 9.17) is 15.0 Å². The van der Waals surface area contributed by atoms with Crippen LogP contribution >= 0.6 is 11.3 Å². The summed E-state index contributed by atoms with van der Waals surface area (Å²) in [7, 11) is 0. The molecule has 0 spiro atoms. The van der Waals surface area contributed by atoms with E-state index in [0.717, 1.165) is 27.5 Å². The summed E-state index contributed by atoms with van der Waals surface area (Å²) in [5.41, 5.74) is 2.93. The summed E-state index contributed by atoms with van der Waals surface area (Å²) in [5.74, 6) is 1.99. The van der Waals surface area contributed by atoms with Crippen LogP contribution in [0.1, 0.15) is 0 Å². The summed E-state index contributed by atoms with van der Waals surface area (Å²) in [4.78, 5) is 15.3. The Bertz CT molecular complexity index is 2850. The van der Waals surface area contributed by atoms with Crippen molar-refractivity contribution in [3.8, 4) is 34.2 Å². The van der Waals surface area contributed by atoms with Gasteiger partial charge in [0.15, 0.2) is 17.5 Å². The smallest absolute Gasteiger partial charge is 0.164 e. The van der Waals surface area contributed by atoms with Crippen LogP contribution in [-0.4, -0.2) is 15.0 Å². The van der Waals surface area contributed by atoms with Gasteiger partial charge >= 0.3 is 0 Å². The number of fused-ring (bicyclic) bond motifs is 9. The van der Waals surface area contributed by atoms with Crippen LogP contribution in [0.15, 0.2) is 152 Å². The van der Waals surface area contributed by atoms with Crippen molar-refractivity contribution in [1.82, 2.24) is 15.0 Å². The first kappa shape index (κ1) is 26.3. The van der Waals surface area contributed by atoms with Crippen molar-refractivity contribution in [3.63, 3.8) is 0 Å². The first-order valence-electron chi connectivity index (χ1n) is 15.8. The summed E-state index contributed by atoms with van der Waals surface area (Å²) < 4.78 is 2.61. The molecular formula is C43H25N3S. The summed E-state index contributed by atoms with van der Waals surface area (Å²) in [6, 6.07) is 53.8. The monoisotopic (exact) mass is 615 g/mol. The summed E-state index contributed by atoms with van der Waals surface area (Å²) in [5, 5.41) is 12.3. The molecule has 8 aromatic carbocycles. The number of nitrogens with zero attached hydrogens (tertiary/aromatic N) is 3. The van der Waals surface area contributed by atoms with Gasteiger partial charge in [0.1, 0.15) is 0 Å². The van der Waals surface area contributed by atoms with E-state index in [1.165, 1.54) is 52.5 Å². The molecule has 10 aromatic rings. The fraction of sp³-hybridized carbons (Fsp3) is 0. The Morgan fingerprint density at radius 1 is 0.340 bits per heavy atom. The van der Waals surface area contributed by atoms with Gasteiger partial charge in [-0.3, -0.25) is 0 Å². The molecule has 0 radical (unpaired) electrons. The zero-order valence-electron chi connectivity index (χ0n) is 25.2. The second-order valence-corrected chi connectivity index (χ2v) is 13.1. The van der Waals surface area contributed by atoms with Gasteiger partial charge in [0.2, 0.25) is 0 Å². The molecule has 2 heterocycles. The Kier molecular flexibility index (Phi) is 5.74. The molecule has 0 saturated heterocycles. The van der Waals surface area contributed by atoms with E-state index in [-0.39, 0.29) is 0 Å². The summed E-state index contributed by atoms with van der Waals surface area (Å²) in [6.07, 6.45) is 0. The molecular weight excluding hydrogens is 591 g/mol. The van der Waals surface area contributed by atoms with Crippen LogP contribution in [-0.2, 0) is 0 Å². The fourth-order valence-corrected chi connectivity index (χ4v) is 8.15. The third-order valence-corrected chi connectivity index (χ3v) is 10.4. The van der Waals surface area contributed by atoms with Gasteiger partial charge in [-0.25, -0.2) is 15.0 Å². The zero-order valence-corrected chi connectivity index (χ0v) is 26.0. The van der Waals surface area contributed by atoms with Crippen LogP contribution in [0.3, 0.4) is 0 Å². The molecule has 0 saturated carbocycles. The van der Waals surface area contributed by atoms with Crippen LogP contribution in [0.2, 0.25) is 0 Å². The maximum Gasteiger partial charge on any atom is 0.164 e. The van der Waals surface area contributed by atoms with E-state index in [9.17, 15) is 0 Å². The molecule has 0 atom stereocenters. The van der Waals surface area contributed by atoms with Crippen molar-refractivity contribution in [2.75, 3.05) is 0 Å². The van der Waals surface area contributed by atoms with Crippen LogP contribution in [0.25, 0.3) is 97.4 Å². The van der Waals surface area contributed by atoms with Crippen molar-refractivity contribution >= 4 is 74.6 Å². The number of thiophene rings is 1. The van der Waals surface area contributed by atoms with Gasteiger partial charge in [0, 0.05) is 36.9 Å². The maximum atomic E-state index is 5.18. The third kappa shape index (κ3) is 4.23. The van der Waals surface area contributed by atoms with Crippen LogP contribution in [0.5, 0.6) is 0 Å². The Balaban J connectivity index is 1.27. The molecule has 218 valence electrons. The fourth-order valence-electron chi connectivity index (χ4n) is 7.00. The molecule has 0 aliphatic carbocycles. The molecule has 0 aliphatic rings. The molecule has 0 bridgehead atoms. The lowest BCUT2D eigenvalue weighted by molar-refractivity contribution is 1.08. The van der Waals surface area contributed by atoms with E-state index < -0.39 is 0 Å². The minimum Gasteiger partial charge on any atom is -0.208 e. The highest BCUT2D eigenvalue weighted by atomic mass is 32.1. The van der Waals surface area contributed by atoms with Gasteiger partial charge in [-0.2, -0.15) is 0 Å². The molecule has 10 rings (SSSR count). The van der Waals surface area contributed by atoms with Crippen LogP contribution < -0.4 is 0 Å². The minimum absolute atomic E-state index is 0.661. The average Bonchev–Trinajstić information content (AvgIpc) is 3.50. The first-order valence-corrected chi connectivity index (χ1v) is 16.6. The molecule has 0 aliphatic heterocycles. The second-order valence-electron chi connectivity index (χ2n) is 12.0.